The number of carbonyl (C=O) groups excluding carboxylic acids is 2. The highest BCUT2D eigenvalue weighted by molar-refractivity contribution is 5.82. The Balaban J connectivity index is 1.61. The predicted molar refractivity (Wildman–Crippen MR) is 95.7 cm³/mol. The van der Waals surface area contributed by atoms with E-state index in [-0.39, 0.29) is 23.9 Å². The van der Waals surface area contributed by atoms with Gasteiger partial charge in [0.05, 0.1) is 12.0 Å². The summed E-state index contributed by atoms with van der Waals surface area (Å²) in [5.74, 6) is -1.62. The van der Waals surface area contributed by atoms with E-state index in [0.717, 1.165) is 11.1 Å². The summed E-state index contributed by atoms with van der Waals surface area (Å²) in [7, 11) is 3.44. The average molecular weight is 359 g/mol. The zero-order valence-corrected chi connectivity index (χ0v) is 15.1. The molecule has 1 fully saturated rings. The van der Waals surface area contributed by atoms with Gasteiger partial charge < -0.3 is 20.2 Å². The highest BCUT2D eigenvalue weighted by Crippen LogP contribution is 2.40. The number of amides is 3. The van der Waals surface area contributed by atoms with Gasteiger partial charge in [-0.3, -0.25) is 9.59 Å². The lowest BCUT2D eigenvalue weighted by Crippen LogP contribution is -2.46. The molecule has 1 heterocycles. The molecule has 140 valence electrons. The van der Waals surface area contributed by atoms with Crippen LogP contribution in [-0.4, -0.2) is 60.0 Å². The summed E-state index contributed by atoms with van der Waals surface area (Å²) in [4.78, 5) is 39.5. The maximum Gasteiger partial charge on any atom is 0.319 e. The summed E-state index contributed by atoms with van der Waals surface area (Å²) in [6.45, 7) is 1.13. The molecule has 1 aliphatic carbocycles. The van der Waals surface area contributed by atoms with E-state index in [1.807, 2.05) is 24.3 Å². The molecule has 7 heteroatoms. The van der Waals surface area contributed by atoms with Crippen LogP contribution in [0.3, 0.4) is 0 Å². The summed E-state index contributed by atoms with van der Waals surface area (Å²) < 4.78 is 0. The van der Waals surface area contributed by atoms with Gasteiger partial charge in [0, 0.05) is 33.1 Å². The number of fused-ring (bicyclic) bond motifs is 1. The Morgan fingerprint density at radius 1 is 1.12 bits per heavy atom. The molecule has 7 nitrogen and oxygen atoms in total. The Bertz CT molecular complexity index is 710. The standard InChI is InChI=1S/C19H25N3O4/c1-21(2)19(26)22-9-7-12(8-10-22)17(23)20-16-11-15(18(24)25)13-5-3-4-6-14(13)16/h3-6,12,15-16H,7-11H2,1-2H3,(H,20,23)(H,24,25). The summed E-state index contributed by atoms with van der Waals surface area (Å²) in [6, 6.07) is 7.12. The van der Waals surface area contributed by atoms with Crippen LogP contribution in [-0.2, 0) is 9.59 Å². The third-order valence-electron chi connectivity index (χ3n) is 5.35. The van der Waals surface area contributed by atoms with Crippen molar-refractivity contribution in [3.63, 3.8) is 0 Å². The zero-order chi connectivity index (χ0) is 18.8. The van der Waals surface area contributed by atoms with E-state index in [1.165, 1.54) is 0 Å². The second-order valence-electron chi connectivity index (χ2n) is 7.25. The summed E-state index contributed by atoms with van der Waals surface area (Å²) in [6.07, 6.45) is 1.64. The second-order valence-corrected chi connectivity index (χ2v) is 7.25. The molecule has 1 aliphatic heterocycles. The number of hydrogen-bond donors (Lipinski definition) is 2. The van der Waals surface area contributed by atoms with E-state index in [4.69, 9.17) is 0 Å². The smallest absolute Gasteiger partial charge is 0.319 e. The number of urea groups is 1. The van der Waals surface area contributed by atoms with Crippen LogP contribution in [0.2, 0.25) is 0 Å². The number of rotatable bonds is 3. The van der Waals surface area contributed by atoms with Gasteiger partial charge in [-0.25, -0.2) is 4.79 Å². The first-order valence-corrected chi connectivity index (χ1v) is 8.96. The van der Waals surface area contributed by atoms with Gasteiger partial charge in [-0.15, -0.1) is 0 Å². The molecule has 0 spiro atoms. The van der Waals surface area contributed by atoms with E-state index in [2.05, 4.69) is 5.32 Å². The summed E-state index contributed by atoms with van der Waals surface area (Å²) in [5, 5.41) is 12.5. The normalized spacial score (nSPS) is 22.6. The van der Waals surface area contributed by atoms with Crippen molar-refractivity contribution in [2.24, 2.45) is 5.92 Å². The molecular formula is C19H25N3O4. The first-order chi connectivity index (χ1) is 12.4. The molecule has 2 aliphatic rings. The van der Waals surface area contributed by atoms with Crippen molar-refractivity contribution in [2.45, 2.75) is 31.2 Å². The fourth-order valence-electron chi connectivity index (χ4n) is 3.91. The third kappa shape index (κ3) is 3.52. The molecule has 3 rings (SSSR count). The van der Waals surface area contributed by atoms with Crippen molar-refractivity contribution in [3.8, 4) is 0 Å². The highest BCUT2D eigenvalue weighted by atomic mass is 16.4. The second kappa shape index (κ2) is 7.35. The van der Waals surface area contributed by atoms with Crippen molar-refractivity contribution in [3.05, 3.63) is 35.4 Å². The quantitative estimate of drug-likeness (QED) is 0.861. The number of carboxylic acids is 1. The van der Waals surface area contributed by atoms with E-state index >= 15 is 0 Å². The first-order valence-electron chi connectivity index (χ1n) is 8.96. The van der Waals surface area contributed by atoms with Gasteiger partial charge in [0.15, 0.2) is 0 Å². The molecule has 1 aromatic rings. The van der Waals surface area contributed by atoms with Crippen molar-refractivity contribution >= 4 is 17.9 Å². The highest BCUT2D eigenvalue weighted by Gasteiger charge is 2.37. The Morgan fingerprint density at radius 3 is 2.31 bits per heavy atom. The Kier molecular flexibility index (Phi) is 5.15. The number of piperidine rings is 1. The van der Waals surface area contributed by atoms with Gasteiger partial charge in [0.1, 0.15) is 0 Å². The molecule has 1 saturated heterocycles. The Morgan fingerprint density at radius 2 is 1.73 bits per heavy atom. The third-order valence-corrected chi connectivity index (χ3v) is 5.35. The summed E-state index contributed by atoms with van der Waals surface area (Å²) in [5.41, 5.74) is 1.69. The molecule has 2 unspecified atom stereocenters. The minimum Gasteiger partial charge on any atom is -0.481 e. The largest absolute Gasteiger partial charge is 0.481 e. The van der Waals surface area contributed by atoms with Gasteiger partial charge in [-0.2, -0.15) is 0 Å². The van der Waals surface area contributed by atoms with E-state index in [1.54, 1.807) is 23.9 Å². The number of carbonyl (C=O) groups is 3. The molecule has 26 heavy (non-hydrogen) atoms. The topological polar surface area (TPSA) is 90.0 Å². The van der Waals surface area contributed by atoms with Crippen LogP contribution in [0.4, 0.5) is 4.79 Å². The van der Waals surface area contributed by atoms with Crippen LogP contribution in [0.5, 0.6) is 0 Å². The summed E-state index contributed by atoms with van der Waals surface area (Å²) >= 11 is 0. The minimum atomic E-state index is -0.857. The average Bonchev–Trinajstić information content (AvgIpc) is 3.00. The molecule has 0 aromatic heterocycles. The van der Waals surface area contributed by atoms with Gasteiger partial charge in [-0.1, -0.05) is 24.3 Å². The van der Waals surface area contributed by atoms with Gasteiger partial charge in [0.2, 0.25) is 5.91 Å². The SMILES string of the molecule is CN(C)C(=O)N1CCC(C(=O)NC2CC(C(=O)O)c3ccccc32)CC1. The number of nitrogens with one attached hydrogen (secondary N) is 1. The lowest BCUT2D eigenvalue weighted by Gasteiger charge is -2.33. The van der Waals surface area contributed by atoms with Crippen LogP contribution in [0.25, 0.3) is 0 Å². The van der Waals surface area contributed by atoms with Gasteiger partial charge >= 0.3 is 12.0 Å². The molecular weight excluding hydrogens is 334 g/mol. The van der Waals surface area contributed by atoms with Gasteiger partial charge in [-0.05, 0) is 30.4 Å². The first kappa shape index (κ1) is 18.2. The van der Waals surface area contributed by atoms with Crippen LogP contribution >= 0.6 is 0 Å². The van der Waals surface area contributed by atoms with Crippen molar-refractivity contribution in [2.75, 3.05) is 27.2 Å². The molecule has 2 atom stereocenters. The monoisotopic (exact) mass is 359 g/mol. The number of hydrogen-bond acceptors (Lipinski definition) is 3. The van der Waals surface area contributed by atoms with Crippen molar-refractivity contribution < 1.29 is 19.5 Å². The maximum absolute atomic E-state index is 12.7. The molecule has 0 saturated carbocycles. The number of benzene rings is 1. The molecule has 0 radical (unpaired) electrons. The number of aliphatic carboxylic acids is 1. The van der Waals surface area contributed by atoms with Crippen LogP contribution < -0.4 is 5.32 Å². The van der Waals surface area contributed by atoms with Crippen molar-refractivity contribution in [1.29, 1.82) is 0 Å². The van der Waals surface area contributed by atoms with Crippen molar-refractivity contribution in [1.82, 2.24) is 15.1 Å². The Labute approximate surface area is 153 Å². The van der Waals surface area contributed by atoms with Crippen LogP contribution in [0.15, 0.2) is 24.3 Å². The zero-order valence-electron chi connectivity index (χ0n) is 15.1. The molecule has 1 aromatic carbocycles. The lowest BCUT2D eigenvalue weighted by atomic mass is 9.95. The number of nitrogens with zero attached hydrogens (tertiary/aromatic N) is 2. The van der Waals surface area contributed by atoms with Crippen LogP contribution in [0.1, 0.15) is 42.3 Å². The number of carboxylic acid groups (broad SMARTS) is 1. The fourth-order valence-corrected chi connectivity index (χ4v) is 3.91. The fraction of sp³-hybridized carbons (Fsp3) is 0.526. The van der Waals surface area contributed by atoms with E-state index in [9.17, 15) is 19.5 Å². The van der Waals surface area contributed by atoms with Crippen LogP contribution in [0, 0.1) is 5.92 Å². The van der Waals surface area contributed by atoms with E-state index in [0.29, 0.717) is 32.4 Å². The van der Waals surface area contributed by atoms with Gasteiger partial charge in [0.25, 0.3) is 0 Å². The minimum absolute atomic E-state index is 0.0297. The van der Waals surface area contributed by atoms with E-state index < -0.39 is 11.9 Å². The molecule has 3 amide bonds. The number of likely N-dealkylation sites (tertiary alicyclic amines) is 1. The lowest BCUT2D eigenvalue weighted by molar-refractivity contribution is -0.139. The maximum atomic E-state index is 12.7. The Hall–Kier alpha value is -2.57. The molecule has 0 bridgehead atoms. The predicted octanol–water partition coefficient (Wildman–Crippen LogP) is 1.81. The molecule has 2 N–H and O–H groups in total.